The van der Waals surface area contributed by atoms with Crippen LogP contribution in [0.3, 0.4) is 0 Å². The van der Waals surface area contributed by atoms with Crippen LogP contribution in [0.5, 0.6) is 0 Å². The molecule has 0 heterocycles. The monoisotopic (exact) mass is 200 g/mol. The molecule has 0 radical (unpaired) electrons. The van der Waals surface area contributed by atoms with Gasteiger partial charge in [0.25, 0.3) is 0 Å². The minimum Gasteiger partial charge on any atom is -0.295 e. The molecule has 0 saturated carbocycles. The molecule has 0 fully saturated rings. The van der Waals surface area contributed by atoms with Gasteiger partial charge in [0.15, 0.2) is 5.78 Å². The zero-order chi connectivity index (χ0) is 10.3. The van der Waals surface area contributed by atoms with Crippen molar-refractivity contribution in [2.24, 2.45) is 0 Å². The second-order valence-electron chi connectivity index (χ2n) is 2.45. The molecule has 0 aliphatic carbocycles. The molecule has 0 N–H and O–H groups in total. The number of rotatable bonds is 4. The lowest BCUT2D eigenvalue weighted by Gasteiger charge is -1.93. The minimum atomic E-state index is -0.140. The lowest BCUT2D eigenvalue weighted by Crippen LogP contribution is -1.91. The predicted octanol–water partition coefficient (Wildman–Crippen LogP) is 3.25. The highest BCUT2D eigenvalue weighted by Gasteiger charge is 1.96. The van der Waals surface area contributed by atoms with Crippen molar-refractivity contribution in [3.8, 4) is 0 Å². The Hall–Kier alpha value is -0.830. The Morgan fingerprint density at radius 1 is 1.31 bits per heavy atom. The van der Waals surface area contributed by atoms with Crippen LogP contribution in [0.15, 0.2) is 35.0 Å². The molecule has 0 bridgehead atoms. The maximum absolute atomic E-state index is 11.8. The number of halogens is 1. The lowest BCUT2D eigenvalue weighted by molar-refractivity contribution is -0.113. The summed E-state index contributed by atoms with van der Waals surface area (Å²) in [5.41, 5.74) is 0.371. The number of ketones is 1. The highest BCUT2D eigenvalue weighted by molar-refractivity contribution is 8.02. The number of Topliss-reactive ketones (excluding diaryl/α,β-unsaturated/α-hetero) is 1. The molecule has 0 spiro atoms. The first-order valence-corrected chi connectivity index (χ1v) is 5.04. The van der Waals surface area contributed by atoms with Gasteiger partial charge >= 0.3 is 0 Å². The molecule has 0 aliphatic heterocycles. The molecule has 72 valence electrons. The molecule has 0 amide bonds. The van der Waals surface area contributed by atoms with Crippen molar-refractivity contribution < 1.29 is 9.18 Å². The third-order valence-corrected chi connectivity index (χ3v) is 2.25. The Morgan fingerprint density at radius 2 is 1.92 bits per heavy atom. The van der Waals surface area contributed by atoms with Crippen molar-refractivity contribution in [2.75, 3.05) is 6.26 Å². The van der Waals surface area contributed by atoms with Gasteiger partial charge in [0.05, 0.1) is 6.33 Å². The standard InChI is InChI=1S/C10H13FOS/c1-8(13-3)4-5-10(6-7-11)9(2)12/h4-7H,1-3H3/b7-6+,8-4+,10-5+. The lowest BCUT2D eigenvalue weighted by atomic mass is 10.1. The van der Waals surface area contributed by atoms with Gasteiger partial charge in [-0.2, -0.15) is 0 Å². The molecule has 13 heavy (non-hydrogen) atoms. The second kappa shape index (κ2) is 6.66. The molecule has 0 atom stereocenters. The van der Waals surface area contributed by atoms with Crippen molar-refractivity contribution in [3.63, 3.8) is 0 Å². The molecule has 0 rings (SSSR count). The van der Waals surface area contributed by atoms with E-state index in [-0.39, 0.29) is 5.78 Å². The molecular formula is C10H13FOS. The van der Waals surface area contributed by atoms with Crippen LogP contribution in [0.4, 0.5) is 4.39 Å². The molecule has 0 aromatic carbocycles. The molecule has 0 aliphatic rings. The highest BCUT2D eigenvalue weighted by atomic mass is 32.2. The number of hydrogen-bond donors (Lipinski definition) is 0. The average Bonchev–Trinajstić information content (AvgIpc) is 2.11. The summed E-state index contributed by atoms with van der Waals surface area (Å²) in [6.45, 7) is 3.34. The first-order valence-electron chi connectivity index (χ1n) is 3.82. The fraction of sp³-hybridized carbons (Fsp3) is 0.300. The van der Waals surface area contributed by atoms with Crippen LogP contribution in [0.2, 0.25) is 0 Å². The topological polar surface area (TPSA) is 17.1 Å². The predicted molar refractivity (Wildman–Crippen MR) is 56.3 cm³/mol. The Morgan fingerprint density at radius 3 is 2.31 bits per heavy atom. The van der Waals surface area contributed by atoms with Crippen molar-refractivity contribution in [1.29, 1.82) is 0 Å². The van der Waals surface area contributed by atoms with E-state index in [4.69, 9.17) is 0 Å². The van der Waals surface area contributed by atoms with Gasteiger partial charge in [-0.25, -0.2) is 4.39 Å². The van der Waals surface area contributed by atoms with E-state index in [9.17, 15) is 9.18 Å². The third kappa shape index (κ3) is 5.42. The van der Waals surface area contributed by atoms with E-state index in [1.54, 1.807) is 23.9 Å². The van der Waals surface area contributed by atoms with Gasteiger partial charge in [0, 0.05) is 5.57 Å². The summed E-state index contributed by atoms with van der Waals surface area (Å²) in [7, 11) is 0. The number of hydrogen-bond acceptors (Lipinski definition) is 2. The van der Waals surface area contributed by atoms with Crippen LogP contribution in [0.1, 0.15) is 13.8 Å². The molecule has 3 heteroatoms. The zero-order valence-electron chi connectivity index (χ0n) is 8.00. The maximum Gasteiger partial charge on any atom is 0.159 e. The van der Waals surface area contributed by atoms with E-state index >= 15 is 0 Å². The Labute approximate surface area is 82.4 Å². The van der Waals surface area contributed by atoms with E-state index in [0.717, 1.165) is 11.0 Å². The normalized spacial score (nSPS) is 13.8. The molecule has 0 aromatic heterocycles. The van der Waals surface area contributed by atoms with Crippen LogP contribution >= 0.6 is 11.8 Å². The summed E-state index contributed by atoms with van der Waals surface area (Å²) in [4.78, 5) is 12.0. The summed E-state index contributed by atoms with van der Waals surface area (Å²) >= 11 is 1.58. The highest BCUT2D eigenvalue weighted by Crippen LogP contribution is 2.10. The zero-order valence-corrected chi connectivity index (χ0v) is 8.82. The van der Waals surface area contributed by atoms with E-state index in [1.165, 1.54) is 6.92 Å². The van der Waals surface area contributed by atoms with Crippen LogP contribution in [-0.4, -0.2) is 12.0 Å². The van der Waals surface area contributed by atoms with E-state index in [2.05, 4.69) is 0 Å². The smallest absolute Gasteiger partial charge is 0.159 e. The summed E-state index contributed by atoms with van der Waals surface area (Å²) in [6, 6.07) is 0. The van der Waals surface area contributed by atoms with Gasteiger partial charge in [-0.15, -0.1) is 11.8 Å². The first-order chi connectivity index (χ1) is 6.11. The maximum atomic E-state index is 11.8. The van der Waals surface area contributed by atoms with Crippen LogP contribution in [-0.2, 0) is 4.79 Å². The number of thioether (sulfide) groups is 1. The number of carbonyl (C=O) groups excluding carboxylic acids is 1. The SMILES string of the molecule is CS/C(C)=C/C=C(\C=C\F)C(C)=O. The summed E-state index contributed by atoms with van der Waals surface area (Å²) in [5.74, 6) is -0.140. The number of carbonyl (C=O) groups is 1. The summed E-state index contributed by atoms with van der Waals surface area (Å²) in [6.07, 6.45) is 6.88. The van der Waals surface area contributed by atoms with Gasteiger partial charge in [-0.3, -0.25) is 4.79 Å². The van der Waals surface area contributed by atoms with Gasteiger partial charge in [0.1, 0.15) is 0 Å². The van der Waals surface area contributed by atoms with Gasteiger partial charge in [-0.1, -0.05) is 12.2 Å². The molecule has 0 saturated heterocycles. The van der Waals surface area contributed by atoms with Crippen molar-refractivity contribution in [2.45, 2.75) is 13.8 Å². The Balaban J connectivity index is 4.64. The Kier molecular flexibility index (Phi) is 6.24. The van der Waals surface area contributed by atoms with Crippen LogP contribution < -0.4 is 0 Å². The van der Waals surface area contributed by atoms with Crippen molar-refractivity contribution >= 4 is 17.5 Å². The molecule has 0 unspecified atom stereocenters. The van der Waals surface area contributed by atoms with E-state index < -0.39 is 0 Å². The van der Waals surface area contributed by atoms with Gasteiger partial charge < -0.3 is 0 Å². The third-order valence-electron chi connectivity index (χ3n) is 1.47. The Bertz CT molecular complexity index is 264. The first kappa shape index (κ1) is 12.2. The van der Waals surface area contributed by atoms with E-state index in [0.29, 0.717) is 11.9 Å². The molecule has 0 aromatic rings. The number of allylic oxidation sites excluding steroid dienone is 5. The van der Waals surface area contributed by atoms with Crippen LogP contribution in [0.25, 0.3) is 0 Å². The largest absolute Gasteiger partial charge is 0.295 e. The summed E-state index contributed by atoms with van der Waals surface area (Å²) < 4.78 is 11.8. The summed E-state index contributed by atoms with van der Waals surface area (Å²) in [5, 5.41) is 0. The van der Waals surface area contributed by atoms with Crippen molar-refractivity contribution in [1.82, 2.24) is 0 Å². The fourth-order valence-corrected chi connectivity index (χ4v) is 0.837. The van der Waals surface area contributed by atoms with Gasteiger partial charge in [-0.05, 0) is 31.1 Å². The molecular weight excluding hydrogens is 187 g/mol. The van der Waals surface area contributed by atoms with Crippen LogP contribution in [0, 0.1) is 0 Å². The second-order valence-corrected chi connectivity index (χ2v) is 3.50. The van der Waals surface area contributed by atoms with E-state index in [1.807, 2.05) is 13.2 Å². The van der Waals surface area contributed by atoms with Gasteiger partial charge in [0.2, 0.25) is 0 Å². The van der Waals surface area contributed by atoms with Crippen molar-refractivity contribution in [3.05, 3.63) is 35.0 Å². The fourth-order valence-electron chi connectivity index (χ4n) is 0.633. The molecule has 1 nitrogen and oxygen atoms in total. The average molecular weight is 200 g/mol. The quantitative estimate of drug-likeness (QED) is 0.512. The minimum absolute atomic E-state index is 0.140.